The lowest BCUT2D eigenvalue weighted by atomic mass is 10.2. The Morgan fingerprint density at radius 2 is 1.88 bits per heavy atom. The number of hydrogen-bond donors (Lipinski definition) is 1. The molecule has 0 amide bonds. The van der Waals surface area contributed by atoms with Crippen molar-refractivity contribution in [3.8, 4) is 0 Å². The Kier molecular flexibility index (Phi) is 5.51. The van der Waals surface area contributed by atoms with Crippen molar-refractivity contribution in [2.45, 2.75) is 32.6 Å². The van der Waals surface area contributed by atoms with Crippen molar-refractivity contribution in [2.24, 2.45) is 0 Å². The fraction of sp³-hybridized carbons (Fsp3) is 0.474. The predicted octanol–water partition coefficient (Wildman–Crippen LogP) is 4.06. The van der Waals surface area contributed by atoms with E-state index < -0.39 is 0 Å². The van der Waals surface area contributed by atoms with Crippen LogP contribution in [0.1, 0.15) is 32.6 Å². The van der Waals surface area contributed by atoms with Crippen LogP contribution in [0.3, 0.4) is 0 Å². The monoisotopic (exact) mass is 325 g/mol. The fourth-order valence-electron chi connectivity index (χ4n) is 2.99. The summed E-state index contributed by atoms with van der Waals surface area (Å²) in [6.07, 6.45) is 6.76. The summed E-state index contributed by atoms with van der Waals surface area (Å²) in [7, 11) is 2.08. The zero-order chi connectivity index (χ0) is 16.8. The lowest BCUT2D eigenvalue weighted by Gasteiger charge is -2.19. The van der Waals surface area contributed by atoms with Gasteiger partial charge in [-0.05, 0) is 49.6 Å². The molecule has 1 aliphatic rings. The molecule has 0 atom stereocenters. The number of nitrogens with zero attached hydrogens (tertiary/aromatic N) is 4. The standard InChI is InChI=1S/C19H27N5/c1-3-4-13-23(2)18-11-12-20-19(22-18)21-16-7-9-17(10-8-16)24-14-5-6-15-24/h7-12H,3-6,13-15H2,1-2H3,(H,20,21,22). The number of benzene rings is 1. The van der Waals surface area contributed by atoms with Crippen LogP contribution in [-0.4, -0.2) is 36.6 Å². The molecule has 128 valence electrons. The molecule has 1 saturated heterocycles. The first-order valence-corrected chi connectivity index (χ1v) is 8.92. The van der Waals surface area contributed by atoms with Gasteiger partial charge in [0.2, 0.25) is 5.95 Å². The van der Waals surface area contributed by atoms with E-state index in [1.54, 1.807) is 0 Å². The van der Waals surface area contributed by atoms with Gasteiger partial charge in [-0.15, -0.1) is 0 Å². The first-order valence-electron chi connectivity index (χ1n) is 8.92. The van der Waals surface area contributed by atoms with E-state index in [0.29, 0.717) is 5.95 Å². The van der Waals surface area contributed by atoms with Crippen LogP contribution in [0, 0.1) is 0 Å². The van der Waals surface area contributed by atoms with Crippen LogP contribution in [0.4, 0.5) is 23.1 Å². The molecular formula is C19H27N5. The minimum atomic E-state index is 0.643. The average molecular weight is 325 g/mol. The maximum Gasteiger partial charge on any atom is 0.229 e. The van der Waals surface area contributed by atoms with E-state index in [0.717, 1.165) is 18.1 Å². The summed E-state index contributed by atoms with van der Waals surface area (Å²) in [6.45, 7) is 5.55. The van der Waals surface area contributed by atoms with E-state index in [1.165, 1.54) is 44.5 Å². The molecule has 0 aliphatic carbocycles. The second-order valence-corrected chi connectivity index (χ2v) is 6.38. The van der Waals surface area contributed by atoms with Crippen LogP contribution >= 0.6 is 0 Å². The Bertz CT molecular complexity index is 634. The number of unbranched alkanes of at least 4 members (excludes halogenated alkanes) is 1. The normalized spacial score (nSPS) is 14.0. The summed E-state index contributed by atoms with van der Waals surface area (Å²) in [4.78, 5) is 13.6. The van der Waals surface area contributed by atoms with E-state index in [-0.39, 0.29) is 0 Å². The number of hydrogen-bond acceptors (Lipinski definition) is 5. The van der Waals surface area contributed by atoms with Crippen molar-refractivity contribution in [1.29, 1.82) is 0 Å². The highest BCUT2D eigenvalue weighted by Gasteiger charge is 2.12. The zero-order valence-corrected chi connectivity index (χ0v) is 14.7. The van der Waals surface area contributed by atoms with Gasteiger partial charge >= 0.3 is 0 Å². The van der Waals surface area contributed by atoms with E-state index in [2.05, 4.69) is 63.3 Å². The number of rotatable bonds is 7. The maximum atomic E-state index is 4.61. The molecule has 1 aliphatic heterocycles. The van der Waals surface area contributed by atoms with Gasteiger partial charge in [-0.25, -0.2) is 4.98 Å². The fourth-order valence-corrected chi connectivity index (χ4v) is 2.99. The summed E-state index contributed by atoms with van der Waals surface area (Å²) in [5, 5.41) is 3.31. The predicted molar refractivity (Wildman–Crippen MR) is 101 cm³/mol. The van der Waals surface area contributed by atoms with Gasteiger partial charge in [-0.3, -0.25) is 0 Å². The first-order chi connectivity index (χ1) is 11.8. The summed E-state index contributed by atoms with van der Waals surface area (Å²) in [5.41, 5.74) is 2.32. The summed E-state index contributed by atoms with van der Waals surface area (Å²) in [6, 6.07) is 10.5. The van der Waals surface area contributed by atoms with Crippen molar-refractivity contribution >= 4 is 23.1 Å². The quantitative estimate of drug-likeness (QED) is 0.832. The molecule has 1 aromatic heterocycles. The number of nitrogens with one attached hydrogen (secondary N) is 1. The molecule has 0 radical (unpaired) electrons. The van der Waals surface area contributed by atoms with E-state index in [4.69, 9.17) is 0 Å². The van der Waals surface area contributed by atoms with Crippen molar-refractivity contribution in [3.63, 3.8) is 0 Å². The Morgan fingerprint density at radius 3 is 2.58 bits per heavy atom. The third-order valence-electron chi connectivity index (χ3n) is 4.47. The molecule has 1 fully saturated rings. The Labute approximate surface area is 144 Å². The van der Waals surface area contributed by atoms with Crippen molar-refractivity contribution in [3.05, 3.63) is 36.5 Å². The van der Waals surface area contributed by atoms with Gasteiger partial charge in [-0.1, -0.05) is 13.3 Å². The smallest absolute Gasteiger partial charge is 0.229 e. The Morgan fingerprint density at radius 1 is 1.12 bits per heavy atom. The lowest BCUT2D eigenvalue weighted by Crippen LogP contribution is -2.20. The third-order valence-corrected chi connectivity index (χ3v) is 4.47. The number of anilines is 4. The molecule has 0 spiro atoms. The zero-order valence-electron chi connectivity index (χ0n) is 14.7. The Balaban J connectivity index is 1.65. The summed E-state index contributed by atoms with van der Waals surface area (Å²) >= 11 is 0. The van der Waals surface area contributed by atoms with Gasteiger partial charge in [0.1, 0.15) is 5.82 Å². The molecule has 0 unspecified atom stereocenters. The molecule has 5 nitrogen and oxygen atoms in total. The maximum absolute atomic E-state index is 4.61. The lowest BCUT2D eigenvalue weighted by molar-refractivity contribution is 0.759. The van der Waals surface area contributed by atoms with Gasteiger partial charge in [0, 0.05) is 44.3 Å². The molecule has 1 N–H and O–H groups in total. The highest BCUT2D eigenvalue weighted by Crippen LogP contribution is 2.23. The summed E-state index contributed by atoms with van der Waals surface area (Å²) < 4.78 is 0. The Hall–Kier alpha value is -2.30. The summed E-state index contributed by atoms with van der Waals surface area (Å²) in [5.74, 6) is 1.60. The highest BCUT2D eigenvalue weighted by atomic mass is 15.2. The van der Waals surface area contributed by atoms with Gasteiger partial charge in [-0.2, -0.15) is 4.98 Å². The third kappa shape index (κ3) is 4.16. The SMILES string of the molecule is CCCCN(C)c1ccnc(Nc2ccc(N3CCCC3)cc2)n1. The van der Waals surface area contributed by atoms with Crippen molar-refractivity contribution in [2.75, 3.05) is 41.8 Å². The largest absolute Gasteiger partial charge is 0.372 e. The van der Waals surface area contributed by atoms with Gasteiger partial charge < -0.3 is 15.1 Å². The molecule has 0 bridgehead atoms. The van der Waals surface area contributed by atoms with Crippen LogP contribution in [0.2, 0.25) is 0 Å². The number of aromatic nitrogens is 2. The van der Waals surface area contributed by atoms with Crippen LogP contribution < -0.4 is 15.1 Å². The highest BCUT2D eigenvalue weighted by molar-refractivity contribution is 5.60. The molecule has 3 rings (SSSR count). The van der Waals surface area contributed by atoms with Crippen LogP contribution in [0.15, 0.2) is 36.5 Å². The van der Waals surface area contributed by atoms with E-state index in [1.807, 2.05) is 12.3 Å². The molecule has 1 aromatic carbocycles. The van der Waals surface area contributed by atoms with Crippen molar-refractivity contribution < 1.29 is 0 Å². The second kappa shape index (κ2) is 7.99. The molecule has 24 heavy (non-hydrogen) atoms. The van der Waals surface area contributed by atoms with Gasteiger partial charge in [0.05, 0.1) is 0 Å². The molecule has 2 heterocycles. The van der Waals surface area contributed by atoms with Crippen molar-refractivity contribution in [1.82, 2.24) is 9.97 Å². The molecular weight excluding hydrogens is 298 g/mol. The average Bonchev–Trinajstić information content (AvgIpc) is 3.15. The van der Waals surface area contributed by atoms with Crippen LogP contribution in [0.25, 0.3) is 0 Å². The van der Waals surface area contributed by atoms with E-state index >= 15 is 0 Å². The topological polar surface area (TPSA) is 44.3 Å². The second-order valence-electron chi connectivity index (χ2n) is 6.38. The minimum Gasteiger partial charge on any atom is -0.372 e. The minimum absolute atomic E-state index is 0.643. The van der Waals surface area contributed by atoms with Gasteiger partial charge in [0.25, 0.3) is 0 Å². The molecule has 2 aromatic rings. The van der Waals surface area contributed by atoms with Crippen LogP contribution in [-0.2, 0) is 0 Å². The molecule has 5 heteroatoms. The molecule has 0 saturated carbocycles. The van der Waals surface area contributed by atoms with E-state index in [9.17, 15) is 0 Å². The first kappa shape index (κ1) is 16.6. The van der Waals surface area contributed by atoms with Gasteiger partial charge in [0.15, 0.2) is 0 Å². The van der Waals surface area contributed by atoms with Crippen LogP contribution in [0.5, 0.6) is 0 Å².